The lowest BCUT2D eigenvalue weighted by Crippen LogP contribution is -2.19. The quantitative estimate of drug-likeness (QED) is 0.935. The topological polar surface area (TPSA) is 50.3 Å². The molecule has 0 fully saturated rings. The second-order valence-electron chi connectivity index (χ2n) is 5.17. The van der Waals surface area contributed by atoms with Crippen molar-refractivity contribution in [2.45, 2.75) is 20.3 Å². The van der Waals surface area contributed by atoms with Crippen molar-refractivity contribution < 1.29 is 4.74 Å². The Labute approximate surface area is 125 Å². The molecule has 1 aliphatic rings. The average molecular weight is 284 g/mol. The molecule has 0 aliphatic carbocycles. The molecule has 21 heavy (non-hydrogen) atoms. The molecule has 0 saturated heterocycles. The molecule has 1 aromatic heterocycles. The van der Waals surface area contributed by atoms with Gasteiger partial charge in [-0.2, -0.15) is 4.98 Å². The Morgan fingerprint density at radius 1 is 1.29 bits per heavy atom. The van der Waals surface area contributed by atoms with Crippen molar-refractivity contribution >= 4 is 17.3 Å². The van der Waals surface area contributed by atoms with Crippen molar-refractivity contribution in [3.8, 4) is 5.88 Å². The summed E-state index contributed by atoms with van der Waals surface area (Å²) in [6.45, 7) is 6.25. The molecule has 0 saturated carbocycles. The van der Waals surface area contributed by atoms with E-state index in [-0.39, 0.29) is 0 Å². The molecular formula is C16H20N4O. The minimum Gasteiger partial charge on any atom is -0.481 e. The van der Waals surface area contributed by atoms with Crippen LogP contribution in [0.4, 0.5) is 17.3 Å². The van der Waals surface area contributed by atoms with Crippen LogP contribution in [-0.4, -0.2) is 30.2 Å². The number of ether oxygens (including phenoxy) is 1. The zero-order valence-corrected chi connectivity index (χ0v) is 12.7. The first-order chi connectivity index (χ1) is 10.2. The molecule has 2 aromatic rings. The number of aryl methyl sites for hydroxylation is 1. The smallest absolute Gasteiger partial charge is 0.230 e. The highest BCUT2D eigenvalue weighted by Gasteiger charge is 2.17. The zero-order chi connectivity index (χ0) is 14.8. The molecule has 5 heteroatoms. The molecule has 110 valence electrons. The van der Waals surface area contributed by atoms with E-state index in [1.807, 2.05) is 13.0 Å². The lowest BCUT2D eigenvalue weighted by Gasteiger charge is -2.17. The van der Waals surface area contributed by atoms with Crippen LogP contribution < -0.4 is 15.0 Å². The van der Waals surface area contributed by atoms with Gasteiger partial charge in [0.05, 0.1) is 7.11 Å². The molecule has 0 unspecified atom stereocenters. The molecule has 3 rings (SSSR count). The van der Waals surface area contributed by atoms with E-state index < -0.39 is 0 Å². The van der Waals surface area contributed by atoms with Crippen molar-refractivity contribution in [1.29, 1.82) is 0 Å². The summed E-state index contributed by atoms with van der Waals surface area (Å²) in [6, 6.07) is 8.24. The van der Waals surface area contributed by atoms with E-state index in [9.17, 15) is 0 Å². The van der Waals surface area contributed by atoms with E-state index in [0.29, 0.717) is 11.8 Å². The van der Waals surface area contributed by atoms with E-state index in [0.717, 1.165) is 30.9 Å². The summed E-state index contributed by atoms with van der Waals surface area (Å²) < 4.78 is 5.18. The van der Waals surface area contributed by atoms with Gasteiger partial charge in [-0.1, -0.05) is 6.07 Å². The van der Waals surface area contributed by atoms with Gasteiger partial charge in [-0.05, 0) is 38.0 Å². The van der Waals surface area contributed by atoms with Crippen LogP contribution in [0, 0.1) is 6.92 Å². The highest BCUT2D eigenvalue weighted by molar-refractivity contribution is 5.67. The fourth-order valence-corrected chi connectivity index (χ4v) is 2.68. The summed E-state index contributed by atoms with van der Waals surface area (Å²) in [7, 11) is 1.61. The Bertz CT molecular complexity index is 657. The summed E-state index contributed by atoms with van der Waals surface area (Å²) in [5.74, 6) is 1.13. The number of rotatable bonds is 4. The van der Waals surface area contributed by atoms with E-state index in [1.165, 1.54) is 11.3 Å². The highest BCUT2D eigenvalue weighted by Crippen LogP contribution is 2.31. The molecule has 0 radical (unpaired) electrons. The number of likely N-dealkylation sites (N-methyl/N-ethyl adjacent to an activating group) is 1. The molecule has 0 spiro atoms. The number of benzene rings is 1. The predicted molar refractivity (Wildman–Crippen MR) is 84.6 cm³/mol. The van der Waals surface area contributed by atoms with Crippen LogP contribution >= 0.6 is 0 Å². The van der Waals surface area contributed by atoms with Crippen LogP contribution in [0.25, 0.3) is 0 Å². The number of aromatic nitrogens is 2. The van der Waals surface area contributed by atoms with Crippen LogP contribution in [-0.2, 0) is 6.42 Å². The average Bonchev–Trinajstić information content (AvgIpc) is 2.89. The summed E-state index contributed by atoms with van der Waals surface area (Å²) in [4.78, 5) is 11.1. The summed E-state index contributed by atoms with van der Waals surface area (Å²) in [6.07, 6.45) is 1.12. The molecule has 0 atom stereocenters. The first kappa shape index (κ1) is 13.7. The van der Waals surface area contributed by atoms with Crippen LogP contribution in [0.2, 0.25) is 0 Å². The predicted octanol–water partition coefficient (Wildman–Crippen LogP) is 2.92. The zero-order valence-electron chi connectivity index (χ0n) is 12.7. The van der Waals surface area contributed by atoms with Crippen LogP contribution in [0.3, 0.4) is 0 Å². The largest absolute Gasteiger partial charge is 0.481 e. The van der Waals surface area contributed by atoms with Gasteiger partial charge in [0.1, 0.15) is 0 Å². The Balaban J connectivity index is 1.87. The van der Waals surface area contributed by atoms with Gasteiger partial charge in [-0.3, -0.25) is 0 Å². The molecule has 0 bridgehead atoms. The van der Waals surface area contributed by atoms with E-state index in [2.05, 4.69) is 45.3 Å². The second-order valence-corrected chi connectivity index (χ2v) is 5.17. The standard InChI is InChI=1S/C16H20N4O/c1-4-20-8-7-12-5-6-13(10-14(12)20)18-16-17-11(2)9-15(19-16)21-3/h5-6,9-10H,4,7-8H2,1-3H3,(H,17,18,19). The van der Waals surface area contributed by atoms with Gasteiger partial charge in [0.15, 0.2) is 0 Å². The summed E-state index contributed by atoms with van der Waals surface area (Å²) >= 11 is 0. The van der Waals surface area contributed by atoms with Gasteiger partial charge in [0.2, 0.25) is 11.8 Å². The van der Waals surface area contributed by atoms with E-state index >= 15 is 0 Å². The van der Waals surface area contributed by atoms with E-state index in [1.54, 1.807) is 7.11 Å². The van der Waals surface area contributed by atoms with Gasteiger partial charge in [0.25, 0.3) is 0 Å². The monoisotopic (exact) mass is 284 g/mol. The third-order valence-electron chi connectivity index (χ3n) is 3.75. The van der Waals surface area contributed by atoms with Gasteiger partial charge in [-0.25, -0.2) is 4.98 Å². The fraction of sp³-hybridized carbons (Fsp3) is 0.375. The fourth-order valence-electron chi connectivity index (χ4n) is 2.68. The molecule has 0 amide bonds. The maximum atomic E-state index is 5.18. The number of hydrogen-bond donors (Lipinski definition) is 1. The number of anilines is 3. The summed E-state index contributed by atoms with van der Waals surface area (Å²) in [5.41, 5.74) is 4.59. The van der Waals surface area contributed by atoms with Crippen LogP contribution in [0.1, 0.15) is 18.2 Å². The summed E-state index contributed by atoms with van der Waals surface area (Å²) in [5, 5.41) is 3.26. The van der Waals surface area contributed by atoms with E-state index in [4.69, 9.17) is 4.74 Å². The number of nitrogens with one attached hydrogen (secondary N) is 1. The van der Waals surface area contributed by atoms with Gasteiger partial charge >= 0.3 is 0 Å². The third-order valence-corrected chi connectivity index (χ3v) is 3.75. The lowest BCUT2D eigenvalue weighted by molar-refractivity contribution is 0.397. The number of fused-ring (bicyclic) bond motifs is 1. The Kier molecular flexibility index (Phi) is 3.64. The van der Waals surface area contributed by atoms with Gasteiger partial charge < -0.3 is 15.0 Å². The Morgan fingerprint density at radius 3 is 2.90 bits per heavy atom. The lowest BCUT2D eigenvalue weighted by atomic mass is 10.1. The number of methoxy groups -OCH3 is 1. The first-order valence-electron chi connectivity index (χ1n) is 7.24. The van der Waals surface area contributed by atoms with Crippen molar-refractivity contribution in [3.05, 3.63) is 35.5 Å². The van der Waals surface area contributed by atoms with Crippen molar-refractivity contribution in [2.75, 3.05) is 30.4 Å². The normalized spacial score (nSPS) is 13.2. The Morgan fingerprint density at radius 2 is 2.14 bits per heavy atom. The molecular weight excluding hydrogens is 264 g/mol. The third kappa shape index (κ3) is 2.77. The van der Waals surface area contributed by atoms with Gasteiger partial charge in [0, 0.05) is 36.2 Å². The second kappa shape index (κ2) is 5.60. The number of hydrogen-bond acceptors (Lipinski definition) is 5. The minimum absolute atomic E-state index is 0.563. The molecule has 5 nitrogen and oxygen atoms in total. The molecule has 1 aromatic carbocycles. The maximum absolute atomic E-state index is 5.18. The first-order valence-corrected chi connectivity index (χ1v) is 7.24. The van der Waals surface area contributed by atoms with Crippen molar-refractivity contribution in [3.63, 3.8) is 0 Å². The van der Waals surface area contributed by atoms with Crippen molar-refractivity contribution in [1.82, 2.24) is 9.97 Å². The maximum Gasteiger partial charge on any atom is 0.230 e. The van der Waals surface area contributed by atoms with Crippen LogP contribution in [0.5, 0.6) is 5.88 Å². The molecule has 1 aliphatic heterocycles. The number of nitrogens with zero attached hydrogens (tertiary/aromatic N) is 3. The van der Waals surface area contributed by atoms with Crippen molar-refractivity contribution in [2.24, 2.45) is 0 Å². The minimum atomic E-state index is 0.563. The SMILES string of the molecule is CCN1CCc2ccc(Nc3nc(C)cc(OC)n3)cc21. The molecule has 2 heterocycles. The Hall–Kier alpha value is -2.30. The molecule has 1 N–H and O–H groups in total. The highest BCUT2D eigenvalue weighted by atomic mass is 16.5. The van der Waals surface area contributed by atoms with Crippen LogP contribution in [0.15, 0.2) is 24.3 Å². The van der Waals surface area contributed by atoms with Gasteiger partial charge in [-0.15, -0.1) is 0 Å².